The highest BCUT2D eigenvalue weighted by molar-refractivity contribution is 5.90. The molecule has 2 aromatic carbocycles. The summed E-state index contributed by atoms with van der Waals surface area (Å²) in [5, 5.41) is 13.0. The van der Waals surface area contributed by atoms with E-state index in [2.05, 4.69) is 21.0 Å². The summed E-state index contributed by atoms with van der Waals surface area (Å²) >= 11 is 0. The maximum Gasteiger partial charge on any atom is 0.342 e. The number of benzene rings is 2. The first-order valence-corrected chi connectivity index (χ1v) is 10.3. The maximum absolute atomic E-state index is 13.7. The van der Waals surface area contributed by atoms with E-state index >= 15 is 0 Å². The molecule has 1 heterocycles. The van der Waals surface area contributed by atoms with Crippen molar-refractivity contribution in [2.45, 2.75) is 13.3 Å². The molecule has 0 atom stereocenters. The summed E-state index contributed by atoms with van der Waals surface area (Å²) in [5.41, 5.74) is 3.66. The second-order valence-electron chi connectivity index (χ2n) is 7.48. The monoisotopic (exact) mass is 453 g/mol. The van der Waals surface area contributed by atoms with Gasteiger partial charge in [-0.05, 0) is 35.9 Å². The van der Waals surface area contributed by atoms with Crippen LogP contribution in [0, 0.1) is 5.82 Å². The number of carbonyl (C=O) groups excluding carboxylic acids is 2. The van der Waals surface area contributed by atoms with Crippen molar-refractivity contribution in [3.05, 3.63) is 53.3 Å². The van der Waals surface area contributed by atoms with Gasteiger partial charge < -0.3 is 25.4 Å². The standard InChI is InChI=1S/C23H24FN5O4/c1-13(30)25-7-8-26-23(31)29-21-17-12-20(33-3)19(32-2)10-14(17)9-18(21)22(28-29)27-16-6-4-5-15(24)11-16/h4-6,10-12H,7-9H2,1-3H3,(H,25,30)(H,26,31)(H,27,28). The molecule has 9 nitrogen and oxygen atoms in total. The summed E-state index contributed by atoms with van der Waals surface area (Å²) in [7, 11) is 3.11. The predicted octanol–water partition coefficient (Wildman–Crippen LogP) is 3.05. The number of nitrogens with zero attached hydrogens (tertiary/aromatic N) is 2. The van der Waals surface area contributed by atoms with Gasteiger partial charge in [0.1, 0.15) is 5.82 Å². The number of aromatic nitrogens is 2. The number of hydrogen-bond donors (Lipinski definition) is 3. The van der Waals surface area contributed by atoms with E-state index < -0.39 is 6.03 Å². The fraction of sp³-hybridized carbons (Fsp3) is 0.261. The van der Waals surface area contributed by atoms with E-state index in [-0.39, 0.29) is 18.3 Å². The van der Waals surface area contributed by atoms with Gasteiger partial charge in [-0.3, -0.25) is 4.79 Å². The molecule has 1 aromatic heterocycles. The zero-order valence-electron chi connectivity index (χ0n) is 18.5. The molecule has 0 aliphatic heterocycles. The van der Waals surface area contributed by atoms with Gasteiger partial charge in [0, 0.05) is 43.2 Å². The Morgan fingerprint density at radius 3 is 2.52 bits per heavy atom. The van der Waals surface area contributed by atoms with Gasteiger partial charge in [0.25, 0.3) is 0 Å². The molecule has 0 saturated carbocycles. The Kier molecular flexibility index (Phi) is 6.16. The van der Waals surface area contributed by atoms with Crippen molar-refractivity contribution in [1.29, 1.82) is 0 Å². The van der Waals surface area contributed by atoms with Gasteiger partial charge in [0.2, 0.25) is 5.91 Å². The van der Waals surface area contributed by atoms with Gasteiger partial charge in [-0.25, -0.2) is 9.18 Å². The van der Waals surface area contributed by atoms with E-state index in [0.717, 1.165) is 16.7 Å². The highest BCUT2D eigenvalue weighted by Crippen LogP contribution is 2.45. The third-order valence-electron chi connectivity index (χ3n) is 5.27. The summed E-state index contributed by atoms with van der Waals surface area (Å²) in [6, 6.07) is 9.25. The van der Waals surface area contributed by atoms with Gasteiger partial charge >= 0.3 is 6.03 Å². The lowest BCUT2D eigenvalue weighted by molar-refractivity contribution is -0.118. The van der Waals surface area contributed by atoms with Gasteiger partial charge in [-0.1, -0.05) is 6.07 Å². The predicted molar refractivity (Wildman–Crippen MR) is 121 cm³/mol. The molecular weight excluding hydrogens is 429 g/mol. The second kappa shape index (κ2) is 9.19. The molecule has 0 fully saturated rings. The van der Waals surface area contributed by atoms with Crippen molar-refractivity contribution in [3.63, 3.8) is 0 Å². The Hall–Kier alpha value is -4.08. The fourth-order valence-corrected chi connectivity index (χ4v) is 3.81. The molecule has 0 radical (unpaired) electrons. The lowest BCUT2D eigenvalue weighted by Crippen LogP contribution is -2.36. The molecule has 1 aliphatic rings. The first kappa shape index (κ1) is 22.1. The highest BCUT2D eigenvalue weighted by Gasteiger charge is 2.31. The van der Waals surface area contributed by atoms with Gasteiger partial charge in [-0.2, -0.15) is 4.68 Å². The quantitative estimate of drug-likeness (QED) is 0.372. The van der Waals surface area contributed by atoms with E-state index in [9.17, 15) is 14.0 Å². The molecule has 33 heavy (non-hydrogen) atoms. The lowest BCUT2D eigenvalue weighted by atomic mass is 10.1. The Labute approximate surface area is 189 Å². The smallest absolute Gasteiger partial charge is 0.342 e. The number of ether oxygens (including phenoxy) is 2. The minimum absolute atomic E-state index is 0.180. The van der Waals surface area contributed by atoms with Crippen LogP contribution in [0.3, 0.4) is 0 Å². The van der Waals surface area contributed by atoms with Crippen LogP contribution in [0.4, 0.5) is 20.7 Å². The normalized spacial score (nSPS) is 11.4. The van der Waals surface area contributed by atoms with Crippen LogP contribution in [-0.2, 0) is 11.2 Å². The van der Waals surface area contributed by atoms with E-state index in [1.807, 2.05) is 12.1 Å². The van der Waals surface area contributed by atoms with Crippen molar-refractivity contribution in [3.8, 4) is 22.8 Å². The van der Waals surface area contributed by atoms with Crippen molar-refractivity contribution in [2.24, 2.45) is 0 Å². The molecule has 3 N–H and O–H groups in total. The van der Waals surface area contributed by atoms with E-state index in [1.165, 1.54) is 23.7 Å². The van der Waals surface area contributed by atoms with Crippen LogP contribution in [0.25, 0.3) is 11.3 Å². The second-order valence-corrected chi connectivity index (χ2v) is 7.48. The topological polar surface area (TPSA) is 107 Å². The Bertz CT molecular complexity index is 1220. The van der Waals surface area contributed by atoms with Crippen LogP contribution in [0.1, 0.15) is 18.1 Å². The molecule has 0 spiro atoms. The molecule has 2 amide bonds. The molecule has 4 rings (SSSR count). The van der Waals surface area contributed by atoms with Crippen LogP contribution in [0.2, 0.25) is 0 Å². The van der Waals surface area contributed by atoms with Crippen molar-refractivity contribution in [2.75, 3.05) is 32.6 Å². The summed E-state index contributed by atoms with van der Waals surface area (Å²) < 4.78 is 25.8. The van der Waals surface area contributed by atoms with E-state index in [4.69, 9.17) is 9.47 Å². The zero-order valence-corrected chi connectivity index (χ0v) is 18.5. The molecule has 1 aliphatic carbocycles. The highest BCUT2D eigenvalue weighted by atomic mass is 19.1. The van der Waals surface area contributed by atoms with Crippen LogP contribution in [0.5, 0.6) is 11.5 Å². The molecular formula is C23H24FN5O4. The summed E-state index contributed by atoms with van der Waals surface area (Å²) in [4.78, 5) is 24.1. The molecule has 0 bridgehead atoms. The Balaban J connectivity index is 1.72. The fourth-order valence-electron chi connectivity index (χ4n) is 3.81. The number of methoxy groups -OCH3 is 2. The van der Waals surface area contributed by atoms with Crippen LogP contribution >= 0.6 is 0 Å². The molecule has 10 heteroatoms. The number of anilines is 2. The first-order chi connectivity index (χ1) is 15.9. The average molecular weight is 453 g/mol. The Morgan fingerprint density at radius 2 is 1.82 bits per heavy atom. The number of fused-ring (bicyclic) bond motifs is 3. The molecule has 3 aromatic rings. The lowest BCUT2D eigenvalue weighted by Gasteiger charge is -2.12. The zero-order chi connectivity index (χ0) is 23.5. The molecule has 0 saturated heterocycles. The van der Waals surface area contributed by atoms with Gasteiger partial charge in [-0.15, -0.1) is 5.10 Å². The van der Waals surface area contributed by atoms with Crippen LogP contribution in [0.15, 0.2) is 36.4 Å². The van der Waals surface area contributed by atoms with Gasteiger partial charge in [0.05, 0.1) is 19.9 Å². The van der Waals surface area contributed by atoms with Gasteiger partial charge in [0.15, 0.2) is 17.3 Å². The SMILES string of the molecule is COc1cc2c(cc1OC)-c1c(c(Nc3cccc(F)c3)nn1C(=O)NCCNC(C)=O)C2. The number of nitrogens with one attached hydrogen (secondary N) is 3. The van der Waals surface area contributed by atoms with Crippen molar-refractivity contribution < 1.29 is 23.5 Å². The third kappa shape index (κ3) is 4.45. The maximum atomic E-state index is 13.7. The van der Waals surface area contributed by atoms with Crippen molar-refractivity contribution in [1.82, 2.24) is 20.4 Å². The molecule has 172 valence electrons. The van der Waals surface area contributed by atoms with Crippen molar-refractivity contribution >= 4 is 23.4 Å². The third-order valence-corrected chi connectivity index (χ3v) is 5.27. The summed E-state index contributed by atoms with van der Waals surface area (Å²) in [5.74, 6) is 0.995. The molecule has 0 unspecified atom stereocenters. The summed E-state index contributed by atoms with van der Waals surface area (Å²) in [6.07, 6.45) is 0.502. The van der Waals surface area contributed by atoms with Crippen LogP contribution < -0.4 is 25.4 Å². The number of rotatable bonds is 7. The Morgan fingerprint density at radius 1 is 1.09 bits per heavy atom. The minimum atomic E-state index is -0.452. The van der Waals surface area contributed by atoms with Crippen LogP contribution in [-0.4, -0.2) is 49.0 Å². The number of carbonyl (C=O) groups is 2. The largest absolute Gasteiger partial charge is 0.493 e. The first-order valence-electron chi connectivity index (χ1n) is 10.3. The van der Waals surface area contributed by atoms with E-state index in [1.54, 1.807) is 26.4 Å². The number of hydrogen-bond acceptors (Lipinski definition) is 6. The average Bonchev–Trinajstić information content (AvgIpc) is 3.32. The summed E-state index contributed by atoms with van der Waals surface area (Å²) in [6.45, 7) is 1.93. The number of halogens is 1. The number of amides is 2. The minimum Gasteiger partial charge on any atom is -0.493 e. The van der Waals surface area contributed by atoms with E-state index in [0.29, 0.717) is 41.7 Å².